The number of allylic oxidation sites excluding steroid dienone is 2. The zero-order valence-corrected chi connectivity index (χ0v) is 25.8. The van der Waals surface area contributed by atoms with E-state index < -0.39 is 20.4 Å². The third-order valence-corrected chi connectivity index (χ3v) is 13.2. The largest absolute Gasteiger partial charge is 0.507 e. The highest BCUT2D eigenvalue weighted by atomic mass is 28.4. The Hall–Kier alpha value is -3.19. The van der Waals surface area contributed by atoms with E-state index in [-0.39, 0.29) is 35.0 Å². The lowest BCUT2D eigenvalue weighted by molar-refractivity contribution is 0.00483. The van der Waals surface area contributed by atoms with Crippen molar-refractivity contribution in [3.63, 3.8) is 0 Å². The standard InChI is InChI=1S/C35H44O5Si/c1-26-15-11-12-16-27-17-13-23-31(37)33(27)34(38)39-28(18-14-24-36)25-32(26)40-41(35(2,3)4,29-19-7-5-8-20-29)30-21-9-6-10-22-30/h5-13,17,19-23,26,28,32,36-37H,14-16,18,24-25H2,1-4H3/b12-11+/t26-,28-,32?/m1/s1. The number of rotatable bonds is 7. The molecular weight excluding hydrogens is 528 g/mol. The summed E-state index contributed by atoms with van der Waals surface area (Å²) in [4.78, 5) is 13.5. The van der Waals surface area contributed by atoms with Gasteiger partial charge in [0.2, 0.25) is 0 Å². The summed E-state index contributed by atoms with van der Waals surface area (Å²) in [6, 6.07) is 26.3. The molecule has 6 heteroatoms. The molecule has 3 aromatic carbocycles. The molecule has 5 nitrogen and oxygen atoms in total. The normalized spacial score (nSPS) is 21.2. The van der Waals surface area contributed by atoms with Gasteiger partial charge in [0.1, 0.15) is 17.4 Å². The molecule has 0 saturated heterocycles. The summed E-state index contributed by atoms with van der Waals surface area (Å²) in [5.41, 5.74) is 0.949. The molecule has 0 radical (unpaired) electrons. The van der Waals surface area contributed by atoms with Gasteiger partial charge in [0.25, 0.3) is 8.32 Å². The van der Waals surface area contributed by atoms with Gasteiger partial charge >= 0.3 is 5.97 Å². The van der Waals surface area contributed by atoms with Gasteiger partial charge in [0.15, 0.2) is 0 Å². The Bertz CT molecular complexity index is 1260. The lowest BCUT2D eigenvalue weighted by Crippen LogP contribution is -2.68. The number of aromatic hydroxyl groups is 1. The zero-order chi connectivity index (χ0) is 29.5. The summed E-state index contributed by atoms with van der Waals surface area (Å²) in [5, 5.41) is 22.5. The second-order valence-electron chi connectivity index (χ2n) is 12.1. The number of carbonyl (C=O) groups is 1. The van der Waals surface area contributed by atoms with Gasteiger partial charge in [-0.25, -0.2) is 4.79 Å². The Kier molecular flexibility index (Phi) is 10.2. The number of benzene rings is 3. The van der Waals surface area contributed by atoms with E-state index in [4.69, 9.17) is 9.16 Å². The zero-order valence-electron chi connectivity index (χ0n) is 24.8. The van der Waals surface area contributed by atoms with Gasteiger partial charge in [0, 0.05) is 13.0 Å². The minimum Gasteiger partial charge on any atom is -0.507 e. The highest BCUT2D eigenvalue weighted by molar-refractivity contribution is 6.99. The van der Waals surface area contributed by atoms with Gasteiger partial charge in [-0.1, -0.05) is 113 Å². The van der Waals surface area contributed by atoms with Crippen LogP contribution in [0.1, 0.15) is 69.3 Å². The first-order valence-electron chi connectivity index (χ1n) is 14.7. The molecule has 0 bridgehead atoms. The van der Waals surface area contributed by atoms with Crippen molar-refractivity contribution in [1.29, 1.82) is 0 Å². The van der Waals surface area contributed by atoms with Crippen LogP contribution in [0.3, 0.4) is 0 Å². The Morgan fingerprint density at radius 1 is 0.927 bits per heavy atom. The summed E-state index contributed by atoms with van der Waals surface area (Å²) in [5.74, 6) is -0.467. The molecule has 0 spiro atoms. The molecule has 1 aliphatic rings. The molecule has 1 heterocycles. The monoisotopic (exact) mass is 572 g/mol. The van der Waals surface area contributed by atoms with Crippen molar-refractivity contribution in [1.82, 2.24) is 0 Å². The first kappa shape index (κ1) is 30.8. The van der Waals surface area contributed by atoms with Gasteiger partial charge in [0.05, 0.1) is 6.10 Å². The summed E-state index contributed by atoms with van der Waals surface area (Å²) >= 11 is 0. The molecule has 2 N–H and O–H groups in total. The van der Waals surface area contributed by atoms with E-state index in [2.05, 4.69) is 88.4 Å². The van der Waals surface area contributed by atoms with Crippen LogP contribution in [0, 0.1) is 5.92 Å². The van der Waals surface area contributed by atoms with Crippen molar-refractivity contribution in [3.05, 3.63) is 102 Å². The number of ether oxygens (including phenoxy) is 1. The molecule has 0 amide bonds. The van der Waals surface area contributed by atoms with E-state index in [1.807, 2.05) is 18.2 Å². The molecule has 1 aliphatic heterocycles. The van der Waals surface area contributed by atoms with Crippen molar-refractivity contribution in [2.75, 3.05) is 6.61 Å². The maximum absolute atomic E-state index is 13.5. The maximum atomic E-state index is 13.5. The number of hydrogen-bond donors (Lipinski definition) is 2. The van der Waals surface area contributed by atoms with Crippen LogP contribution in [0.2, 0.25) is 5.04 Å². The first-order valence-corrected chi connectivity index (χ1v) is 16.6. The predicted octanol–water partition coefficient (Wildman–Crippen LogP) is 6.16. The van der Waals surface area contributed by atoms with Crippen molar-refractivity contribution < 1.29 is 24.2 Å². The number of carbonyl (C=O) groups excluding carboxylic acids is 1. The van der Waals surface area contributed by atoms with Crippen molar-refractivity contribution in [3.8, 4) is 5.75 Å². The van der Waals surface area contributed by atoms with Crippen LogP contribution >= 0.6 is 0 Å². The molecule has 1 unspecified atom stereocenters. The van der Waals surface area contributed by atoms with E-state index >= 15 is 0 Å². The van der Waals surface area contributed by atoms with E-state index in [9.17, 15) is 15.0 Å². The molecule has 3 atom stereocenters. The minimum absolute atomic E-state index is 0.00835. The van der Waals surface area contributed by atoms with Gasteiger partial charge in [-0.2, -0.15) is 0 Å². The third kappa shape index (κ3) is 7.00. The summed E-state index contributed by atoms with van der Waals surface area (Å²) in [6.07, 6.45) is 6.36. The van der Waals surface area contributed by atoms with Crippen LogP contribution in [0.5, 0.6) is 5.75 Å². The molecule has 0 fully saturated rings. The quantitative estimate of drug-likeness (QED) is 0.201. The molecule has 41 heavy (non-hydrogen) atoms. The molecule has 3 aromatic rings. The number of fused-ring (bicyclic) bond motifs is 1. The average molecular weight is 573 g/mol. The number of esters is 1. The van der Waals surface area contributed by atoms with Crippen molar-refractivity contribution in [2.45, 2.75) is 77.0 Å². The SMILES string of the molecule is C[C@@H]1C/C=C/Cc2cccc(O)c2C(=O)O[C@H](CCCO)CC1O[Si](c1ccccc1)(c1ccccc1)C(C)(C)C. The molecule has 218 valence electrons. The van der Waals surface area contributed by atoms with Gasteiger partial charge in [-0.05, 0) is 58.6 Å². The van der Waals surface area contributed by atoms with Crippen LogP contribution < -0.4 is 10.4 Å². The topological polar surface area (TPSA) is 76.0 Å². The van der Waals surface area contributed by atoms with Crippen LogP contribution in [-0.2, 0) is 15.6 Å². The predicted molar refractivity (Wildman–Crippen MR) is 167 cm³/mol. The second-order valence-corrected chi connectivity index (χ2v) is 16.4. The smallest absolute Gasteiger partial charge is 0.342 e. The Balaban J connectivity index is 1.81. The number of hydrogen-bond acceptors (Lipinski definition) is 5. The minimum atomic E-state index is -2.87. The fourth-order valence-corrected chi connectivity index (χ4v) is 10.8. The Morgan fingerprint density at radius 3 is 2.15 bits per heavy atom. The first-order chi connectivity index (χ1) is 19.7. The number of cyclic esters (lactones) is 1. The van der Waals surface area contributed by atoms with Crippen LogP contribution in [0.25, 0.3) is 0 Å². The van der Waals surface area contributed by atoms with E-state index in [0.29, 0.717) is 25.7 Å². The molecule has 0 saturated carbocycles. The van der Waals surface area contributed by atoms with Crippen LogP contribution in [0.15, 0.2) is 91.0 Å². The molecule has 0 aromatic heterocycles. The lowest BCUT2D eigenvalue weighted by atomic mass is 9.93. The van der Waals surface area contributed by atoms with Crippen LogP contribution in [-0.4, -0.2) is 43.3 Å². The highest BCUT2D eigenvalue weighted by Crippen LogP contribution is 2.40. The number of aliphatic hydroxyl groups is 1. The number of aliphatic hydroxyl groups excluding tert-OH is 1. The van der Waals surface area contributed by atoms with Crippen molar-refractivity contribution in [2.24, 2.45) is 5.92 Å². The van der Waals surface area contributed by atoms with Crippen LogP contribution in [0.4, 0.5) is 0 Å². The number of phenols is 1. The fraction of sp³-hybridized carbons (Fsp3) is 0.400. The van der Waals surface area contributed by atoms with E-state index in [1.54, 1.807) is 6.07 Å². The fourth-order valence-electron chi connectivity index (χ4n) is 5.99. The van der Waals surface area contributed by atoms with Crippen molar-refractivity contribution >= 4 is 24.7 Å². The third-order valence-electron chi connectivity index (χ3n) is 8.18. The van der Waals surface area contributed by atoms with E-state index in [1.165, 1.54) is 16.4 Å². The number of phenolic OH excluding ortho intramolecular Hbond substituents is 1. The second kappa shape index (κ2) is 13.6. The van der Waals surface area contributed by atoms with Gasteiger partial charge in [-0.3, -0.25) is 0 Å². The highest BCUT2D eigenvalue weighted by Gasteiger charge is 2.52. The lowest BCUT2D eigenvalue weighted by Gasteiger charge is -2.46. The Labute approximate surface area is 246 Å². The molecule has 4 rings (SSSR count). The maximum Gasteiger partial charge on any atom is 0.342 e. The summed E-state index contributed by atoms with van der Waals surface area (Å²) < 4.78 is 13.7. The van der Waals surface area contributed by atoms with Gasteiger partial charge < -0.3 is 19.4 Å². The van der Waals surface area contributed by atoms with E-state index in [0.717, 1.165) is 12.0 Å². The Morgan fingerprint density at radius 2 is 1.56 bits per heavy atom. The van der Waals surface area contributed by atoms with Gasteiger partial charge in [-0.15, -0.1) is 0 Å². The molecule has 0 aliphatic carbocycles. The summed E-state index contributed by atoms with van der Waals surface area (Å²) in [7, 11) is -2.87. The average Bonchev–Trinajstić information content (AvgIpc) is 2.95. The summed E-state index contributed by atoms with van der Waals surface area (Å²) in [6.45, 7) is 9.02. The molecular formula is C35H44O5Si.